The van der Waals surface area contributed by atoms with Gasteiger partial charge in [-0.15, -0.1) is 0 Å². The van der Waals surface area contributed by atoms with Gasteiger partial charge in [-0.25, -0.2) is 0 Å². The van der Waals surface area contributed by atoms with Gasteiger partial charge < -0.3 is 0 Å². The van der Waals surface area contributed by atoms with Crippen molar-refractivity contribution >= 4 is 18.9 Å². The molecule has 27 heavy (non-hydrogen) atoms. The number of hydrogen-bond donors (Lipinski definition) is 1. The van der Waals surface area contributed by atoms with Crippen LogP contribution < -0.4 is 5.32 Å². The Morgan fingerprint density at radius 2 is 1.33 bits per heavy atom. The molecule has 1 aromatic carbocycles. The molecule has 0 bridgehead atoms. The Labute approximate surface area is 169 Å². The van der Waals surface area contributed by atoms with Gasteiger partial charge >= 0.3 is 169 Å². The molecule has 156 valence electrons. The third kappa shape index (κ3) is 6.90. The second-order valence-corrected chi connectivity index (χ2v) is 13.3. The zero-order chi connectivity index (χ0) is 20.3. The molecule has 1 N–H and O–H groups in total. The third-order valence-corrected chi connectivity index (χ3v) is 12.5. The van der Waals surface area contributed by atoms with Crippen LogP contribution in [0.2, 0.25) is 0 Å². The number of carbonyl (C=O) groups excluding carboxylic acids is 1. The van der Waals surface area contributed by atoms with Gasteiger partial charge in [0.25, 0.3) is 0 Å². The summed E-state index contributed by atoms with van der Waals surface area (Å²) in [6, 6.07) is 6.26. The first-order chi connectivity index (χ1) is 13.0. The summed E-state index contributed by atoms with van der Waals surface area (Å²) in [4.78, 5) is 13.5. The predicted octanol–water partition coefficient (Wildman–Crippen LogP) is 7.17. The van der Waals surface area contributed by atoms with Gasteiger partial charge in [0.05, 0.1) is 0 Å². The number of amides is 1. The summed E-state index contributed by atoms with van der Waals surface area (Å²) in [6.45, 7) is 13.3. The number of anilines is 1. The molecule has 0 spiro atoms. The summed E-state index contributed by atoms with van der Waals surface area (Å²) in [6.07, 6.45) is 12.5. The Balaban J connectivity index is 3.17. The summed E-state index contributed by atoms with van der Waals surface area (Å²) < 4.78 is 0. The molecule has 0 fully saturated rings. The average Bonchev–Trinajstić information content (AvgIpc) is 2.66. The monoisotopic (exact) mass is 393 g/mol. The molecule has 0 heterocycles. The Bertz CT molecular complexity index is 527. The second-order valence-electron chi connectivity index (χ2n) is 8.39. The van der Waals surface area contributed by atoms with E-state index in [1.165, 1.54) is 68.1 Å². The van der Waals surface area contributed by atoms with E-state index < -0.39 is 7.26 Å². The molecule has 1 unspecified atom stereocenters. The normalized spacial score (nSPS) is 13.4. The topological polar surface area (TPSA) is 29.1 Å². The van der Waals surface area contributed by atoms with Crippen LogP contribution in [-0.2, 0) is 4.79 Å². The van der Waals surface area contributed by atoms with Crippen molar-refractivity contribution < 1.29 is 4.79 Å². The van der Waals surface area contributed by atoms with Crippen molar-refractivity contribution in [3.05, 3.63) is 29.3 Å². The molecular weight excluding hydrogens is 349 g/mol. The summed E-state index contributed by atoms with van der Waals surface area (Å²) in [5.41, 5.74) is 3.61. The van der Waals surface area contributed by atoms with E-state index in [1.54, 1.807) is 0 Å². The van der Waals surface area contributed by atoms with E-state index >= 15 is 0 Å². The van der Waals surface area contributed by atoms with Gasteiger partial charge in [0.15, 0.2) is 0 Å². The van der Waals surface area contributed by atoms with Gasteiger partial charge in [0.1, 0.15) is 0 Å². The molecule has 2 nitrogen and oxygen atoms in total. The number of aryl methyl sites for hydroxylation is 2. The molecule has 0 saturated heterocycles. The van der Waals surface area contributed by atoms with Crippen LogP contribution in [0.1, 0.15) is 83.8 Å². The van der Waals surface area contributed by atoms with Gasteiger partial charge in [0, 0.05) is 0 Å². The number of hydrogen-bond acceptors (Lipinski definition) is 1. The van der Waals surface area contributed by atoms with E-state index in [1.807, 2.05) is 0 Å². The fourth-order valence-electron chi connectivity index (χ4n) is 4.60. The molecule has 1 atom stereocenters. The van der Waals surface area contributed by atoms with Crippen molar-refractivity contribution in [3.8, 4) is 0 Å². The van der Waals surface area contributed by atoms with Crippen LogP contribution in [0, 0.1) is 13.8 Å². The Hall–Kier alpha value is -0.880. The summed E-state index contributed by atoms with van der Waals surface area (Å²) >= 11 is 0. The molecular formula is C24H44NOP. The Morgan fingerprint density at radius 1 is 0.889 bits per heavy atom. The van der Waals surface area contributed by atoms with Crippen LogP contribution in [-0.4, -0.2) is 30.1 Å². The number of nitrogens with one attached hydrogen (secondary N) is 1. The first kappa shape index (κ1) is 24.2. The van der Waals surface area contributed by atoms with Gasteiger partial charge in [-0.2, -0.15) is 0 Å². The van der Waals surface area contributed by atoms with E-state index in [0.717, 1.165) is 12.1 Å². The SMILES string of the molecule is CCCC[PH](CCCC)(CCCC)C(CC)C(=O)Nc1c(C)cccc1C. The molecule has 1 aromatic rings. The molecule has 0 aromatic heterocycles. The predicted molar refractivity (Wildman–Crippen MR) is 126 cm³/mol. The zero-order valence-electron chi connectivity index (χ0n) is 18.8. The maximum absolute atomic E-state index is 13.5. The quantitative estimate of drug-likeness (QED) is 0.354. The third-order valence-electron chi connectivity index (χ3n) is 6.28. The van der Waals surface area contributed by atoms with E-state index in [0.29, 0.717) is 5.91 Å². The van der Waals surface area contributed by atoms with Crippen LogP contribution in [0.15, 0.2) is 18.2 Å². The maximum atomic E-state index is 13.5. The number of benzene rings is 1. The van der Waals surface area contributed by atoms with Gasteiger partial charge in [-0.1, -0.05) is 0 Å². The van der Waals surface area contributed by atoms with E-state index in [9.17, 15) is 4.79 Å². The van der Waals surface area contributed by atoms with Gasteiger partial charge in [-0.05, 0) is 0 Å². The second kappa shape index (κ2) is 12.6. The summed E-state index contributed by atoms with van der Waals surface area (Å²) in [7, 11) is -1.65. The Morgan fingerprint density at radius 3 is 1.70 bits per heavy atom. The van der Waals surface area contributed by atoms with Crippen molar-refractivity contribution in [2.75, 3.05) is 23.8 Å². The van der Waals surface area contributed by atoms with Crippen LogP contribution in [0.4, 0.5) is 5.69 Å². The standard InChI is InChI=1S/C24H44NOP/c1-7-11-17-27(18-12-8-2,19-13-9-3)22(10-4)24(26)25-23-20(5)15-14-16-21(23)6/h14-16,22,27H,7-13,17-19H2,1-6H3,(H,25,26). The molecule has 0 aliphatic heterocycles. The minimum atomic E-state index is -1.65. The van der Waals surface area contributed by atoms with Gasteiger partial charge in [-0.3, -0.25) is 0 Å². The Kier molecular flexibility index (Phi) is 11.2. The minimum absolute atomic E-state index is 0.237. The summed E-state index contributed by atoms with van der Waals surface area (Å²) in [5, 5.41) is 3.36. The molecule has 1 amide bonds. The van der Waals surface area contributed by atoms with E-state index in [4.69, 9.17) is 0 Å². The molecule has 0 saturated carbocycles. The van der Waals surface area contributed by atoms with Crippen LogP contribution in [0.3, 0.4) is 0 Å². The van der Waals surface area contributed by atoms with E-state index in [-0.39, 0.29) is 5.66 Å². The number of unbranched alkanes of at least 4 members (excludes halogenated alkanes) is 3. The first-order valence-electron chi connectivity index (χ1n) is 11.3. The molecule has 1 rings (SSSR count). The van der Waals surface area contributed by atoms with Crippen molar-refractivity contribution in [2.45, 2.75) is 92.1 Å². The molecule has 0 radical (unpaired) electrons. The van der Waals surface area contributed by atoms with Crippen molar-refractivity contribution in [3.63, 3.8) is 0 Å². The number of carbonyl (C=O) groups is 1. The number of rotatable bonds is 13. The van der Waals surface area contributed by atoms with Crippen molar-refractivity contribution in [2.24, 2.45) is 0 Å². The fraction of sp³-hybridized carbons (Fsp3) is 0.708. The molecule has 0 aliphatic carbocycles. The average molecular weight is 394 g/mol. The van der Waals surface area contributed by atoms with Crippen LogP contribution >= 0.6 is 7.26 Å². The first-order valence-corrected chi connectivity index (χ1v) is 14.0. The van der Waals surface area contributed by atoms with Crippen molar-refractivity contribution in [1.82, 2.24) is 0 Å². The fourth-order valence-corrected chi connectivity index (χ4v) is 11.1. The van der Waals surface area contributed by atoms with Gasteiger partial charge in [0.2, 0.25) is 0 Å². The van der Waals surface area contributed by atoms with Crippen LogP contribution in [0.5, 0.6) is 0 Å². The summed E-state index contributed by atoms with van der Waals surface area (Å²) in [5.74, 6) is 0.296. The van der Waals surface area contributed by atoms with Crippen LogP contribution in [0.25, 0.3) is 0 Å². The number of para-hydroxylation sites is 1. The molecule has 0 aliphatic rings. The molecule has 3 heteroatoms. The van der Waals surface area contributed by atoms with Crippen molar-refractivity contribution in [1.29, 1.82) is 0 Å². The van der Waals surface area contributed by atoms with E-state index in [2.05, 4.69) is 65.1 Å². The zero-order valence-corrected chi connectivity index (χ0v) is 19.8.